The van der Waals surface area contributed by atoms with Crippen molar-refractivity contribution in [2.24, 2.45) is 0 Å². The third-order valence-corrected chi connectivity index (χ3v) is 7.96. The van der Waals surface area contributed by atoms with Crippen LogP contribution >= 0.6 is 0 Å². The normalized spacial score (nSPS) is 15.4. The molecular formula is C34H34O4. The first-order chi connectivity index (χ1) is 18.1. The Morgan fingerprint density at radius 3 is 1.97 bits per heavy atom. The standard InChI is InChI=1S/C34H34O4/c1-33(2)17-18-34(3,4)31-21-25(12-16-30(31)33)29-20-23(22-9-13-26(14-10-22)38-32(35)36)11-15-28(29)24-7-6-8-27(19-24)37-5/h6-16,19-21H,17-18H2,1-5H3,(H,35,36). The molecule has 1 N–H and O–H groups in total. The van der Waals surface area contributed by atoms with Crippen molar-refractivity contribution in [2.75, 3.05) is 7.11 Å². The molecule has 194 valence electrons. The smallest absolute Gasteiger partial charge is 0.497 e. The molecule has 4 aromatic carbocycles. The summed E-state index contributed by atoms with van der Waals surface area (Å²) in [6, 6.07) is 28.8. The van der Waals surface area contributed by atoms with Crippen LogP contribution in [0.25, 0.3) is 33.4 Å². The molecule has 0 radical (unpaired) electrons. The lowest BCUT2D eigenvalue weighted by Crippen LogP contribution is -2.33. The van der Waals surface area contributed by atoms with Crippen LogP contribution in [0, 0.1) is 0 Å². The SMILES string of the molecule is COc1cccc(-c2ccc(-c3ccc(OC(=O)O)cc3)cc2-c2ccc3c(c2)C(C)(C)CCC3(C)C)c1. The van der Waals surface area contributed by atoms with Crippen LogP contribution in [0.1, 0.15) is 51.7 Å². The van der Waals surface area contributed by atoms with Crippen LogP contribution in [0.4, 0.5) is 4.79 Å². The molecule has 38 heavy (non-hydrogen) atoms. The number of rotatable bonds is 5. The molecule has 0 saturated carbocycles. The quantitative estimate of drug-likeness (QED) is 0.217. The maximum absolute atomic E-state index is 10.9. The van der Waals surface area contributed by atoms with E-state index in [4.69, 9.17) is 14.6 Å². The average Bonchev–Trinajstić information content (AvgIpc) is 2.91. The van der Waals surface area contributed by atoms with Gasteiger partial charge in [0.15, 0.2) is 0 Å². The molecule has 4 aromatic rings. The minimum Gasteiger partial charge on any atom is -0.497 e. The minimum absolute atomic E-state index is 0.106. The topological polar surface area (TPSA) is 55.8 Å². The molecule has 5 rings (SSSR count). The Labute approximate surface area is 224 Å². The summed E-state index contributed by atoms with van der Waals surface area (Å²) in [7, 11) is 1.69. The van der Waals surface area contributed by atoms with Crippen LogP contribution in [0.2, 0.25) is 0 Å². The second-order valence-corrected chi connectivity index (χ2v) is 11.4. The van der Waals surface area contributed by atoms with Gasteiger partial charge in [-0.15, -0.1) is 0 Å². The summed E-state index contributed by atoms with van der Waals surface area (Å²) < 4.78 is 10.3. The Kier molecular flexibility index (Phi) is 6.52. The van der Waals surface area contributed by atoms with E-state index in [1.807, 2.05) is 24.3 Å². The predicted octanol–water partition coefficient (Wildman–Crippen LogP) is 9.10. The Hall–Kier alpha value is -4.05. The summed E-state index contributed by atoms with van der Waals surface area (Å²) in [5.41, 5.74) is 9.69. The highest BCUT2D eigenvalue weighted by molar-refractivity contribution is 5.88. The zero-order valence-corrected chi connectivity index (χ0v) is 22.7. The number of carbonyl (C=O) groups is 1. The molecule has 0 bridgehead atoms. The molecule has 0 aliphatic heterocycles. The molecule has 0 saturated heterocycles. The van der Waals surface area contributed by atoms with Crippen molar-refractivity contribution < 1.29 is 19.4 Å². The molecule has 0 aromatic heterocycles. The number of carboxylic acid groups (broad SMARTS) is 1. The van der Waals surface area contributed by atoms with E-state index in [1.54, 1.807) is 19.2 Å². The molecule has 0 spiro atoms. The van der Waals surface area contributed by atoms with Crippen LogP contribution in [0.3, 0.4) is 0 Å². The van der Waals surface area contributed by atoms with Crippen molar-refractivity contribution in [2.45, 2.75) is 51.4 Å². The van der Waals surface area contributed by atoms with E-state index in [2.05, 4.69) is 76.2 Å². The molecule has 4 heteroatoms. The van der Waals surface area contributed by atoms with Gasteiger partial charge >= 0.3 is 6.16 Å². The van der Waals surface area contributed by atoms with Gasteiger partial charge in [-0.1, -0.05) is 82.3 Å². The summed E-state index contributed by atoms with van der Waals surface area (Å²) in [5.74, 6) is 1.12. The Morgan fingerprint density at radius 2 is 1.29 bits per heavy atom. The zero-order chi connectivity index (χ0) is 27.1. The van der Waals surface area contributed by atoms with Crippen molar-refractivity contribution in [3.63, 3.8) is 0 Å². The van der Waals surface area contributed by atoms with Gasteiger partial charge in [0.25, 0.3) is 0 Å². The first-order valence-electron chi connectivity index (χ1n) is 13.0. The van der Waals surface area contributed by atoms with E-state index < -0.39 is 6.16 Å². The van der Waals surface area contributed by atoms with Gasteiger partial charge in [-0.2, -0.15) is 0 Å². The second-order valence-electron chi connectivity index (χ2n) is 11.4. The Morgan fingerprint density at radius 1 is 0.658 bits per heavy atom. The number of fused-ring (bicyclic) bond motifs is 1. The number of hydrogen-bond donors (Lipinski definition) is 1. The largest absolute Gasteiger partial charge is 0.511 e. The van der Waals surface area contributed by atoms with E-state index in [9.17, 15) is 4.79 Å². The lowest BCUT2D eigenvalue weighted by molar-refractivity contribution is 0.144. The van der Waals surface area contributed by atoms with Crippen LogP contribution in [0.5, 0.6) is 11.5 Å². The molecule has 0 heterocycles. The highest BCUT2D eigenvalue weighted by atomic mass is 16.7. The van der Waals surface area contributed by atoms with Crippen LogP contribution < -0.4 is 9.47 Å². The lowest BCUT2D eigenvalue weighted by atomic mass is 9.63. The third-order valence-electron chi connectivity index (χ3n) is 7.96. The van der Waals surface area contributed by atoms with Gasteiger partial charge in [-0.25, -0.2) is 4.79 Å². The van der Waals surface area contributed by atoms with Gasteiger partial charge in [0.05, 0.1) is 7.11 Å². The number of hydrogen-bond acceptors (Lipinski definition) is 3. The van der Waals surface area contributed by atoms with Gasteiger partial charge in [-0.05, 0) is 98.5 Å². The molecule has 0 fully saturated rings. The van der Waals surface area contributed by atoms with Crippen molar-refractivity contribution in [1.29, 1.82) is 0 Å². The summed E-state index contributed by atoms with van der Waals surface area (Å²) in [6.45, 7) is 9.40. The monoisotopic (exact) mass is 506 g/mol. The van der Waals surface area contributed by atoms with Crippen molar-refractivity contribution >= 4 is 6.16 Å². The van der Waals surface area contributed by atoms with Crippen molar-refractivity contribution in [3.8, 4) is 44.9 Å². The molecule has 0 amide bonds. The molecule has 0 atom stereocenters. The molecule has 4 nitrogen and oxygen atoms in total. The maximum Gasteiger partial charge on any atom is 0.511 e. The van der Waals surface area contributed by atoms with Crippen LogP contribution in [-0.4, -0.2) is 18.4 Å². The Bertz CT molecular complexity index is 1500. The van der Waals surface area contributed by atoms with E-state index in [-0.39, 0.29) is 10.8 Å². The summed E-state index contributed by atoms with van der Waals surface area (Å²) in [5, 5.41) is 8.91. The minimum atomic E-state index is -1.32. The van der Waals surface area contributed by atoms with Gasteiger partial charge in [0, 0.05) is 0 Å². The van der Waals surface area contributed by atoms with Gasteiger partial charge < -0.3 is 14.6 Å². The predicted molar refractivity (Wildman–Crippen MR) is 153 cm³/mol. The van der Waals surface area contributed by atoms with Gasteiger partial charge in [-0.3, -0.25) is 0 Å². The fourth-order valence-corrected chi connectivity index (χ4v) is 5.58. The van der Waals surface area contributed by atoms with Crippen molar-refractivity contribution in [3.05, 3.63) is 96.1 Å². The highest BCUT2D eigenvalue weighted by Gasteiger charge is 2.37. The summed E-state index contributed by atoms with van der Waals surface area (Å²) >= 11 is 0. The van der Waals surface area contributed by atoms with Crippen LogP contribution in [-0.2, 0) is 10.8 Å². The first-order valence-corrected chi connectivity index (χ1v) is 13.0. The lowest BCUT2D eigenvalue weighted by Gasteiger charge is -2.42. The fraction of sp³-hybridized carbons (Fsp3) is 0.265. The Balaban J connectivity index is 1.68. The number of ether oxygens (including phenoxy) is 2. The van der Waals surface area contributed by atoms with Gasteiger partial charge in [0.2, 0.25) is 0 Å². The van der Waals surface area contributed by atoms with Crippen LogP contribution in [0.15, 0.2) is 84.9 Å². The number of benzene rings is 4. The summed E-state index contributed by atoms with van der Waals surface area (Å²) in [6.07, 6.45) is 1.02. The highest BCUT2D eigenvalue weighted by Crippen LogP contribution is 2.47. The molecule has 1 aliphatic rings. The van der Waals surface area contributed by atoms with Gasteiger partial charge in [0.1, 0.15) is 11.5 Å². The molecule has 0 unspecified atom stereocenters. The molecular weight excluding hydrogens is 472 g/mol. The van der Waals surface area contributed by atoms with E-state index >= 15 is 0 Å². The average molecular weight is 507 g/mol. The number of methoxy groups -OCH3 is 1. The fourth-order valence-electron chi connectivity index (χ4n) is 5.58. The van der Waals surface area contributed by atoms with E-state index in [0.717, 1.165) is 40.0 Å². The van der Waals surface area contributed by atoms with Crippen molar-refractivity contribution in [1.82, 2.24) is 0 Å². The van der Waals surface area contributed by atoms with E-state index in [1.165, 1.54) is 23.1 Å². The van der Waals surface area contributed by atoms with E-state index in [0.29, 0.717) is 5.75 Å². The zero-order valence-electron chi connectivity index (χ0n) is 22.7. The molecule has 1 aliphatic carbocycles. The maximum atomic E-state index is 10.9. The second kappa shape index (κ2) is 9.68. The summed E-state index contributed by atoms with van der Waals surface area (Å²) in [4.78, 5) is 10.9. The third kappa shape index (κ3) is 4.91. The first kappa shape index (κ1) is 25.6.